The molecule has 0 bridgehead atoms. The van der Waals surface area contributed by atoms with E-state index in [0.29, 0.717) is 6.04 Å². The number of piperidine rings is 1. The van der Waals surface area contributed by atoms with Crippen LogP contribution in [-0.2, 0) is 6.54 Å². The van der Waals surface area contributed by atoms with Gasteiger partial charge in [-0.3, -0.25) is 4.90 Å². The van der Waals surface area contributed by atoms with E-state index in [1.807, 2.05) is 0 Å². The van der Waals surface area contributed by atoms with Gasteiger partial charge in [-0.1, -0.05) is 18.3 Å². The third-order valence-electron chi connectivity index (χ3n) is 3.27. The van der Waals surface area contributed by atoms with Crippen LogP contribution in [0.1, 0.15) is 36.6 Å². The van der Waals surface area contributed by atoms with Crippen molar-refractivity contribution in [2.24, 2.45) is 0 Å². The maximum absolute atomic E-state index is 8.65. The molecule has 0 aliphatic carbocycles. The molecule has 0 spiro atoms. The molecule has 1 fully saturated rings. The maximum atomic E-state index is 8.65. The van der Waals surface area contributed by atoms with Gasteiger partial charge in [-0.15, -0.1) is 11.3 Å². The van der Waals surface area contributed by atoms with Crippen LogP contribution in [0.4, 0.5) is 0 Å². The molecular formula is C14H19NOS. The number of rotatable bonds is 2. The minimum absolute atomic E-state index is 0.0612. The van der Waals surface area contributed by atoms with Gasteiger partial charge in [-0.25, -0.2) is 0 Å². The number of aliphatic hydroxyl groups excluding tert-OH is 1. The predicted molar refractivity (Wildman–Crippen MR) is 72.0 cm³/mol. The Morgan fingerprint density at radius 3 is 3.18 bits per heavy atom. The molecular weight excluding hydrogens is 230 g/mol. The molecule has 1 aliphatic heterocycles. The average molecular weight is 249 g/mol. The van der Waals surface area contributed by atoms with Crippen LogP contribution in [0.5, 0.6) is 0 Å². The summed E-state index contributed by atoms with van der Waals surface area (Å²) in [6.45, 7) is 4.52. The molecule has 1 aromatic heterocycles. The Bertz CT molecular complexity index is 415. The Labute approximate surface area is 107 Å². The average Bonchev–Trinajstić information content (AvgIpc) is 2.77. The van der Waals surface area contributed by atoms with Crippen molar-refractivity contribution in [2.75, 3.05) is 13.2 Å². The Balaban J connectivity index is 1.96. The molecule has 2 heterocycles. The molecule has 0 radical (unpaired) electrons. The Morgan fingerprint density at radius 1 is 1.53 bits per heavy atom. The van der Waals surface area contributed by atoms with E-state index in [4.69, 9.17) is 5.11 Å². The van der Waals surface area contributed by atoms with Crippen molar-refractivity contribution in [1.29, 1.82) is 0 Å². The van der Waals surface area contributed by atoms with E-state index >= 15 is 0 Å². The van der Waals surface area contributed by atoms with E-state index in [1.54, 1.807) is 11.3 Å². The van der Waals surface area contributed by atoms with Crippen LogP contribution < -0.4 is 0 Å². The summed E-state index contributed by atoms with van der Waals surface area (Å²) in [5.41, 5.74) is 1.03. The smallest absolute Gasteiger partial charge is 0.104 e. The second kappa shape index (κ2) is 6.20. The molecule has 2 nitrogen and oxygen atoms in total. The number of nitrogens with zero attached hydrogens (tertiary/aromatic N) is 1. The van der Waals surface area contributed by atoms with Gasteiger partial charge in [0.15, 0.2) is 0 Å². The van der Waals surface area contributed by atoms with Crippen molar-refractivity contribution < 1.29 is 5.11 Å². The van der Waals surface area contributed by atoms with E-state index in [1.165, 1.54) is 30.7 Å². The lowest BCUT2D eigenvalue weighted by atomic mass is 10.0. The first-order valence-electron chi connectivity index (χ1n) is 6.21. The molecule has 17 heavy (non-hydrogen) atoms. The molecule has 92 valence electrons. The van der Waals surface area contributed by atoms with E-state index in [9.17, 15) is 0 Å². The fourth-order valence-corrected chi connectivity index (χ4v) is 3.10. The van der Waals surface area contributed by atoms with E-state index in [2.05, 4.69) is 35.1 Å². The molecule has 1 N–H and O–H groups in total. The van der Waals surface area contributed by atoms with Gasteiger partial charge in [-0.05, 0) is 32.4 Å². The predicted octanol–water partition coefficient (Wildman–Crippen LogP) is 2.47. The first-order valence-corrected chi connectivity index (χ1v) is 7.09. The summed E-state index contributed by atoms with van der Waals surface area (Å²) in [5.74, 6) is 5.64. The zero-order valence-electron chi connectivity index (χ0n) is 10.3. The van der Waals surface area contributed by atoms with Gasteiger partial charge in [0, 0.05) is 28.4 Å². The van der Waals surface area contributed by atoms with Crippen LogP contribution in [0.2, 0.25) is 0 Å². The van der Waals surface area contributed by atoms with Crippen molar-refractivity contribution in [3.63, 3.8) is 0 Å². The zero-order chi connectivity index (χ0) is 12.1. The quantitative estimate of drug-likeness (QED) is 0.814. The summed E-state index contributed by atoms with van der Waals surface area (Å²) < 4.78 is 0. The van der Waals surface area contributed by atoms with Gasteiger partial charge in [-0.2, -0.15) is 0 Å². The normalized spacial score (nSPS) is 20.9. The lowest BCUT2D eigenvalue weighted by molar-refractivity contribution is 0.154. The highest BCUT2D eigenvalue weighted by Gasteiger charge is 2.18. The number of thiophene rings is 1. The molecule has 0 aromatic carbocycles. The lowest BCUT2D eigenvalue weighted by Gasteiger charge is -2.32. The van der Waals surface area contributed by atoms with Gasteiger partial charge in [0.05, 0.1) is 0 Å². The van der Waals surface area contributed by atoms with Crippen molar-refractivity contribution in [3.05, 3.63) is 21.9 Å². The van der Waals surface area contributed by atoms with Crippen LogP contribution in [0.15, 0.2) is 11.4 Å². The van der Waals surface area contributed by atoms with E-state index in [-0.39, 0.29) is 6.61 Å². The highest BCUT2D eigenvalue weighted by molar-refractivity contribution is 7.10. The molecule has 3 heteroatoms. The third-order valence-corrected chi connectivity index (χ3v) is 4.19. The van der Waals surface area contributed by atoms with Gasteiger partial charge >= 0.3 is 0 Å². The number of likely N-dealkylation sites (tertiary alicyclic amines) is 1. The summed E-state index contributed by atoms with van der Waals surface area (Å²) in [4.78, 5) is 3.93. The topological polar surface area (TPSA) is 23.5 Å². The van der Waals surface area contributed by atoms with Crippen molar-refractivity contribution in [3.8, 4) is 11.8 Å². The standard InChI is InChI=1S/C14H19NOS/c1-12-5-2-3-7-15(12)10-14-9-13(11-17-14)6-4-8-16/h9,11-12,16H,2-3,5,7-8,10H2,1H3. The monoisotopic (exact) mass is 249 g/mol. The molecule has 0 amide bonds. The van der Waals surface area contributed by atoms with Crippen molar-refractivity contribution in [2.45, 2.75) is 38.8 Å². The van der Waals surface area contributed by atoms with Crippen LogP contribution in [-0.4, -0.2) is 29.2 Å². The molecule has 1 atom stereocenters. The van der Waals surface area contributed by atoms with Crippen LogP contribution in [0.25, 0.3) is 0 Å². The van der Waals surface area contributed by atoms with Gasteiger partial charge in [0.25, 0.3) is 0 Å². The van der Waals surface area contributed by atoms with Crippen LogP contribution in [0, 0.1) is 11.8 Å². The van der Waals surface area contributed by atoms with Gasteiger partial charge in [0.2, 0.25) is 0 Å². The molecule has 2 rings (SSSR count). The van der Waals surface area contributed by atoms with Gasteiger partial charge in [0.1, 0.15) is 6.61 Å². The maximum Gasteiger partial charge on any atom is 0.104 e. The second-order valence-electron chi connectivity index (χ2n) is 4.58. The van der Waals surface area contributed by atoms with Crippen molar-refractivity contribution in [1.82, 2.24) is 4.90 Å². The zero-order valence-corrected chi connectivity index (χ0v) is 11.1. The van der Waals surface area contributed by atoms with Crippen LogP contribution in [0.3, 0.4) is 0 Å². The summed E-state index contributed by atoms with van der Waals surface area (Å²) in [6.07, 6.45) is 4.02. The minimum Gasteiger partial charge on any atom is -0.384 e. The molecule has 1 saturated heterocycles. The number of hydrogen-bond donors (Lipinski definition) is 1. The van der Waals surface area contributed by atoms with Crippen molar-refractivity contribution >= 4 is 11.3 Å². The van der Waals surface area contributed by atoms with E-state index in [0.717, 1.165) is 12.1 Å². The third kappa shape index (κ3) is 3.57. The molecule has 1 aliphatic rings. The summed E-state index contributed by atoms with van der Waals surface area (Å²) in [6, 6.07) is 2.85. The number of aliphatic hydroxyl groups is 1. The highest BCUT2D eigenvalue weighted by Crippen LogP contribution is 2.22. The fraction of sp³-hybridized carbons (Fsp3) is 0.571. The number of hydrogen-bond acceptors (Lipinski definition) is 3. The molecule has 0 saturated carbocycles. The molecule has 1 unspecified atom stereocenters. The first kappa shape index (κ1) is 12.6. The lowest BCUT2D eigenvalue weighted by Crippen LogP contribution is -2.36. The van der Waals surface area contributed by atoms with E-state index < -0.39 is 0 Å². The largest absolute Gasteiger partial charge is 0.384 e. The minimum atomic E-state index is -0.0612. The first-order chi connectivity index (χ1) is 8.29. The Morgan fingerprint density at radius 2 is 2.41 bits per heavy atom. The van der Waals surface area contributed by atoms with Crippen LogP contribution >= 0.6 is 11.3 Å². The fourth-order valence-electron chi connectivity index (χ4n) is 2.26. The highest BCUT2D eigenvalue weighted by atomic mass is 32.1. The summed E-state index contributed by atoms with van der Waals surface area (Å²) >= 11 is 1.77. The SMILES string of the molecule is CC1CCCCN1Cc1cc(C#CCO)cs1. The second-order valence-corrected chi connectivity index (χ2v) is 5.57. The summed E-state index contributed by atoms with van der Waals surface area (Å²) in [5, 5.41) is 10.7. The Kier molecular flexibility index (Phi) is 4.61. The summed E-state index contributed by atoms with van der Waals surface area (Å²) in [7, 11) is 0. The Hall–Kier alpha value is -0.820. The van der Waals surface area contributed by atoms with Gasteiger partial charge < -0.3 is 5.11 Å². The molecule has 1 aromatic rings.